The van der Waals surface area contributed by atoms with Crippen LogP contribution < -0.4 is 4.74 Å². The van der Waals surface area contributed by atoms with E-state index in [-0.39, 0.29) is 5.75 Å². The first-order chi connectivity index (χ1) is 6.99. The van der Waals surface area contributed by atoms with Gasteiger partial charge in [-0.05, 0) is 56.1 Å². The lowest BCUT2D eigenvalue weighted by atomic mass is 10.2. The van der Waals surface area contributed by atoms with Gasteiger partial charge in [-0.1, -0.05) is 11.6 Å². The summed E-state index contributed by atoms with van der Waals surface area (Å²) >= 11 is 12.0. The molecule has 0 unspecified atom stereocenters. The van der Waals surface area contributed by atoms with Gasteiger partial charge in [0.2, 0.25) is 0 Å². The topological polar surface area (TPSA) is 9.23 Å². The summed E-state index contributed by atoms with van der Waals surface area (Å²) in [4.78, 5) is 0. The lowest BCUT2D eigenvalue weighted by Crippen LogP contribution is -2.03. The second-order valence-corrected chi connectivity index (χ2v) is 5.70. The summed E-state index contributed by atoms with van der Waals surface area (Å²) in [5.41, 5.74) is 0.464. The van der Waals surface area contributed by atoms with Gasteiger partial charge in [0.15, 0.2) is 0 Å². The molecule has 0 spiro atoms. The van der Waals surface area contributed by atoms with Crippen molar-refractivity contribution in [1.82, 2.24) is 0 Å². The van der Waals surface area contributed by atoms with Gasteiger partial charge in [0.05, 0.1) is 3.39 Å². The molecule has 0 fully saturated rings. The molecule has 6 heteroatoms. The zero-order valence-corrected chi connectivity index (χ0v) is 11.1. The lowest BCUT2D eigenvalue weighted by molar-refractivity contribution is -0.0499. The second-order valence-electron chi connectivity index (χ2n) is 2.49. The first-order valence-electron chi connectivity index (χ1n) is 3.76. The maximum absolute atomic E-state index is 12.0. The number of hydrogen-bond acceptors (Lipinski definition) is 1. The van der Waals surface area contributed by atoms with Crippen LogP contribution in [0.1, 0.15) is 5.56 Å². The van der Waals surface area contributed by atoms with Crippen LogP contribution in [0.3, 0.4) is 0 Å². The number of benzene rings is 1. The molecule has 1 nitrogen and oxygen atoms in total. The summed E-state index contributed by atoms with van der Waals surface area (Å²) in [5.74, 6) is 0.0748. The van der Waals surface area contributed by atoms with Crippen molar-refractivity contribution in [3.05, 3.63) is 32.2 Å². The highest BCUT2D eigenvalue weighted by Crippen LogP contribution is 2.29. The highest BCUT2D eigenvalue weighted by molar-refractivity contribution is 9.28. The van der Waals surface area contributed by atoms with Gasteiger partial charge in [-0.2, -0.15) is 8.78 Å². The molecule has 0 amide bonds. The Morgan fingerprint density at radius 2 is 2.07 bits per heavy atom. The monoisotopic (exact) mass is 360 g/mol. The van der Waals surface area contributed by atoms with E-state index in [1.54, 1.807) is 6.08 Å². The first-order valence-corrected chi connectivity index (χ1v) is 5.72. The zero-order chi connectivity index (χ0) is 11.4. The van der Waals surface area contributed by atoms with E-state index < -0.39 is 6.61 Å². The molecule has 0 radical (unpaired) electrons. The number of ether oxygens (including phenoxy) is 1. The standard InChI is InChI=1S/C9H5Br2ClF2O/c10-8(11)4-5-3-6(12)1-2-7(5)15-9(13)14/h1-4,9H. The maximum Gasteiger partial charge on any atom is 0.387 e. The molecule has 82 valence electrons. The van der Waals surface area contributed by atoms with Crippen molar-refractivity contribution in [2.45, 2.75) is 6.61 Å². The van der Waals surface area contributed by atoms with Crippen molar-refractivity contribution in [3.8, 4) is 5.75 Å². The third-order valence-electron chi connectivity index (χ3n) is 1.45. The van der Waals surface area contributed by atoms with E-state index in [1.165, 1.54) is 18.2 Å². The smallest absolute Gasteiger partial charge is 0.387 e. The molecule has 15 heavy (non-hydrogen) atoms. The highest BCUT2D eigenvalue weighted by atomic mass is 79.9. The molecule has 0 aliphatic rings. The normalized spacial score (nSPS) is 10.3. The Balaban J connectivity index is 3.08. The second kappa shape index (κ2) is 5.82. The van der Waals surface area contributed by atoms with E-state index in [0.717, 1.165) is 0 Å². The molecule has 1 rings (SSSR count). The molecule has 0 aromatic heterocycles. The molecule has 0 aliphatic heterocycles. The summed E-state index contributed by atoms with van der Waals surface area (Å²) in [7, 11) is 0. The molecule has 0 N–H and O–H groups in total. The van der Waals surface area contributed by atoms with Gasteiger partial charge in [-0.3, -0.25) is 0 Å². The summed E-state index contributed by atoms with van der Waals surface area (Å²) in [6.07, 6.45) is 1.57. The van der Waals surface area contributed by atoms with Crippen molar-refractivity contribution in [1.29, 1.82) is 0 Å². The van der Waals surface area contributed by atoms with Crippen LogP contribution >= 0.6 is 43.5 Å². The lowest BCUT2D eigenvalue weighted by Gasteiger charge is -2.08. The van der Waals surface area contributed by atoms with Gasteiger partial charge in [0, 0.05) is 10.6 Å². The van der Waals surface area contributed by atoms with Crippen LogP contribution in [-0.2, 0) is 0 Å². The van der Waals surface area contributed by atoms with E-state index in [4.69, 9.17) is 11.6 Å². The van der Waals surface area contributed by atoms with E-state index in [1.807, 2.05) is 0 Å². The number of rotatable bonds is 3. The van der Waals surface area contributed by atoms with Gasteiger partial charge in [-0.25, -0.2) is 0 Å². The predicted octanol–water partition coefficient (Wildman–Crippen LogP) is 5.03. The van der Waals surface area contributed by atoms with Gasteiger partial charge in [-0.15, -0.1) is 0 Å². The van der Waals surface area contributed by atoms with E-state index in [2.05, 4.69) is 36.6 Å². The quantitative estimate of drug-likeness (QED) is 0.733. The fourth-order valence-electron chi connectivity index (χ4n) is 0.953. The number of hydrogen-bond donors (Lipinski definition) is 0. The fourth-order valence-corrected chi connectivity index (χ4v) is 1.63. The summed E-state index contributed by atoms with van der Waals surface area (Å²) in [5, 5.41) is 0.448. The SMILES string of the molecule is FC(F)Oc1ccc(Cl)cc1C=C(Br)Br. The molecular formula is C9H5Br2ClF2O. The predicted molar refractivity (Wildman–Crippen MR) is 63.9 cm³/mol. The minimum atomic E-state index is -2.85. The Hall–Kier alpha value is -0.130. The van der Waals surface area contributed by atoms with Crippen molar-refractivity contribution in [2.75, 3.05) is 0 Å². The Labute approximate surface area is 107 Å². The Morgan fingerprint density at radius 1 is 1.40 bits per heavy atom. The van der Waals surface area contributed by atoms with Crippen LogP contribution in [-0.4, -0.2) is 6.61 Å². The number of alkyl halides is 2. The van der Waals surface area contributed by atoms with E-state index >= 15 is 0 Å². The molecule has 0 atom stereocenters. The van der Waals surface area contributed by atoms with Gasteiger partial charge < -0.3 is 4.74 Å². The largest absolute Gasteiger partial charge is 0.434 e. The maximum atomic E-state index is 12.0. The van der Waals surface area contributed by atoms with Crippen LogP contribution in [0.15, 0.2) is 21.6 Å². The van der Waals surface area contributed by atoms with Crippen molar-refractivity contribution in [2.24, 2.45) is 0 Å². The van der Waals surface area contributed by atoms with Crippen LogP contribution in [0.4, 0.5) is 8.78 Å². The minimum absolute atomic E-state index is 0.0748. The molecule has 0 saturated heterocycles. The molecule has 1 aromatic carbocycles. The van der Waals surface area contributed by atoms with Crippen LogP contribution in [0.5, 0.6) is 5.75 Å². The van der Waals surface area contributed by atoms with E-state index in [9.17, 15) is 8.78 Å². The third-order valence-corrected chi connectivity index (χ3v) is 2.15. The highest BCUT2D eigenvalue weighted by Gasteiger charge is 2.08. The first kappa shape index (κ1) is 12.9. The van der Waals surface area contributed by atoms with Crippen molar-refractivity contribution in [3.63, 3.8) is 0 Å². The number of halogens is 5. The average Bonchev–Trinajstić information content (AvgIpc) is 2.08. The molecule has 0 bridgehead atoms. The molecule has 0 aliphatic carbocycles. The minimum Gasteiger partial charge on any atom is -0.434 e. The van der Waals surface area contributed by atoms with Gasteiger partial charge in [0.25, 0.3) is 0 Å². The summed E-state index contributed by atoms with van der Waals surface area (Å²) < 4.78 is 29.0. The zero-order valence-electron chi connectivity index (χ0n) is 7.18. The van der Waals surface area contributed by atoms with Gasteiger partial charge in [0.1, 0.15) is 5.75 Å². The summed E-state index contributed by atoms with van der Waals surface area (Å²) in [6, 6.07) is 4.41. The van der Waals surface area contributed by atoms with Crippen LogP contribution in [0.2, 0.25) is 5.02 Å². The van der Waals surface area contributed by atoms with Crippen LogP contribution in [0, 0.1) is 0 Å². The van der Waals surface area contributed by atoms with Crippen molar-refractivity contribution < 1.29 is 13.5 Å². The molecule has 0 saturated carbocycles. The van der Waals surface area contributed by atoms with Crippen LogP contribution in [0.25, 0.3) is 6.08 Å². The van der Waals surface area contributed by atoms with Crippen molar-refractivity contribution >= 4 is 49.5 Å². The fraction of sp³-hybridized carbons (Fsp3) is 0.111. The Morgan fingerprint density at radius 3 is 2.60 bits per heavy atom. The average molecular weight is 362 g/mol. The Kier molecular flexibility index (Phi) is 5.02. The molecule has 1 aromatic rings. The summed E-state index contributed by atoms with van der Waals surface area (Å²) in [6.45, 7) is -2.85. The third kappa shape index (κ3) is 4.49. The molecular weight excluding hydrogens is 357 g/mol. The Bertz CT molecular complexity index is 378. The van der Waals surface area contributed by atoms with E-state index in [0.29, 0.717) is 14.0 Å². The van der Waals surface area contributed by atoms with Gasteiger partial charge >= 0.3 is 6.61 Å². The molecule has 0 heterocycles.